The molecule has 2 aromatic heterocycles. The highest BCUT2D eigenvalue weighted by Gasteiger charge is 2.54. The fourth-order valence-electron chi connectivity index (χ4n) is 2.12. The van der Waals surface area contributed by atoms with Crippen molar-refractivity contribution in [2.45, 2.75) is 23.6 Å². The number of halogens is 2. The standard InChI is InChI=1S/C12H10Cl2N2O3S/c1-4-6-9(17)15-8(5-3-12(5,13)14)16-10(6)20-7(4)11(18)19-2/h5H,3H2,1-2H3,(H,15,16,17). The van der Waals surface area contributed by atoms with E-state index in [9.17, 15) is 9.59 Å². The molecule has 2 heterocycles. The van der Waals surface area contributed by atoms with Crippen molar-refractivity contribution in [1.82, 2.24) is 9.97 Å². The molecule has 1 N–H and O–H groups in total. The van der Waals surface area contributed by atoms with Crippen LogP contribution in [0.5, 0.6) is 0 Å². The number of aromatic amines is 1. The van der Waals surface area contributed by atoms with Crippen molar-refractivity contribution < 1.29 is 9.53 Å². The van der Waals surface area contributed by atoms with E-state index >= 15 is 0 Å². The third kappa shape index (κ3) is 2.03. The zero-order valence-electron chi connectivity index (χ0n) is 10.6. The van der Waals surface area contributed by atoms with Gasteiger partial charge in [0.1, 0.15) is 19.9 Å². The molecule has 5 nitrogen and oxygen atoms in total. The van der Waals surface area contributed by atoms with E-state index in [1.54, 1.807) is 6.92 Å². The highest BCUT2D eigenvalue weighted by molar-refractivity contribution is 7.20. The number of methoxy groups -OCH3 is 1. The number of hydrogen-bond donors (Lipinski definition) is 1. The van der Waals surface area contributed by atoms with Crippen LogP contribution in [0.25, 0.3) is 10.2 Å². The first-order valence-electron chi connectivity index (χ1n) is 5.84. The summed E-state index contributed by atoms with van der Waals surface area (Å²) in [6.07, 6.45) is 0.554. The Hall–Kier alpha value is -1.11. The van der Waals surface area contributed by atoms with Gasteiger partial charge in [-0.05, 0) is 18.9 Å². The molecule has 3 rings (SSSR count). The Morgan fingerprint density at radius 1 is 1.55 bits per heavy atom. The van der Waals surface area contributed by atoms with Gasteiger partial charge < -0.3 is 9.72 Å². The topological polar surface area (TPSA) is 72.0 Å². The molecule has 1 saturated carbocycles. The molecule has 1 aliphatic rings. The summed E-state index contributed by atoms with van der Waals surface area (Å²) >= 11 is 13.1. The van der Waals surface area contributed by atoms with Gasteiger partial charge in [0.05, 0.1) is 18.4 Å². The van der Waals surface area contributed by atoms with Gasteiger partial charge in [0, 0.05) is 0 Å². The zero-order valence-corrected chi connectivity index (χ0v) is 12.9. The molecule has 0 amide bonds. The summed E-state index contributed by atoms with van der Waals surface area (Å²) in [5.74, 6) is -0.181. The zero-order chi connectivity index (χ0) is 14.7. The first-order chi connectivity index (χ1) is 9.35. The molecule has 0 aliphatic heterocycles. The van der Waals surface area contributed by atoms with Crippen LogP contribution in [0.15, 0.2) is 4.79 Å². The van der Waals surface area contributed by atoms with E-state index in [0.717, 1.165) is 11.3 Å². The van der Waals surface area contributed by atoms with Gasteiger partial charge in [-0.3, -0.25) is 4.79 Å². The Labute approximate surface area is 127 Å². The predicted octanol–water partition coefficient (Wildman–Crippen LogP) is 2.74. The highest BCUT2D eigenvalue weighted by atomic mass is 35.5. The van der Waals surface area contributed by atoms with Crippen molar-refractivity contribution in [3.8, 4) is 0 Å². The minimum absolute atomic E-state index is 0.174. The first kappa shape index (κ1) is 13.9. The summed E-state index contributed by atoms with van der Waals surface area (Å²) in [6.45, 7) is 1.70. The van der Waals surface area contributed by atoms with Crippen LogP contribution in [-0.4, -0.2) is 27.4 Å². The molecule has 106 valence electrons. The second kappa shape index (κ2) is 4.44. The molecule has 1 fully saturated rings. The summed E-state index contributed by atoms with van der Waals surface area (Å²) in [7, 11) is 1.30. The molecular formula is C12H10Cl2N2O3S. The number of thiophene rings is 1. The van der Waals surface area contributed by atoms with Crippen molar-refractivity contribution in [3.63, 3.8) is 0 Å². The largest absolute Gasteiger partial charge is 0.465 e. The van der Waals surface area contributed by atoms with Crippen LogP contribution < -0.4 is 5.56 Å². The van der Waals surface area contributed by atoms with Crippen LogP contribution >= 0.6 is 34.5 Å². The minimum Gasteiger partial charge on any atom is -0.465 e. The number of aryl methyl sites for hydroxylation is 1. The van der Waals surface area contributed by atoms with Gasteiger partial charge in [0.25, 0.3) is 5.56 Å². The van der Waals surface area contributed by atoms with E-state index in [0.29, 0.717) is 32.9 Å². The van der Waals surface area contributed by atoms with Gasteiger partial charge in [-0.15, -0.1) is 34.5 Å². The molecule has 8 heteroatoms. The number of ether oxygens (including phenoxy) is 1. The maximum Gasteiger partial charge on any atom is 0.348 e. The Bertz CT molecular complexity index is 781. The van der Waals surface area contributed by atoms with Gasteiger partial charge in [0.15, 0.2) is 0 Å². The summed E-state index contributed by atoms with van der Waals surface area (Å²) < 4.78 is 3.84. The number of aromatic nitrogens is 2. The Morgan fingerprint density at radius 3 is 2.75 bits per heavy atom. The maximum absolute atomic E-state index is 12.2. The Morgan fingerprint density at radius 2 is 2.20 bits per heavy atom. The monoisotopic (exact) mass is 332 g/mol. The minimum atomic E-state index is -0.860. The summed E-state index contributed by atoms with van der Waals surface area (Å²) in [5.41, 5.74) is 0.292. The number of carbonyl (C=O) groups excluding carboxylic acids is 1. The van der Waals surface area contributed by atoms with Crippen LogP contribution in [0.2, 0.25) is 0 Å². The van der Waals surface area contributed by atoms with E-state index in [-0.39, 0.29) is 11.5 Å². The van der Waals surface area contributed by atoms with Gasteiger partial charge in [0.2, 0.25) is 0 Å². The van der Waals surface area contributed by atoms with Crippen LogP contribution in [0.4, 0.5) is 0 Å². The van der Waals surface area contributed by atoms with Crippen LogP contribution in [-0.2, 0) is 4.74 Å². The van der Waals surface area contributed by atoms with E-state index < -0.39 is 10.3 Å². The maximum atomic E-state index is 12.2. The number of carbonyl (C=O) groups is 1. The molecule has 20 heavy (non-hydrogen) atoms. The molecule has 0 bridgehead atoms. The third-order valence-corrected chi connectivity index (χ3v) is 5.35. The van der Waals surface area contributed by atoms with E-state index in [2.05, 4.69) is 9.97 Å². The summed E-state index contributed by atoms with van der Waals surface area (Å²) in [4.78, 5) is 31.8. The second-order valence-corrected chi connectivity index (χ2v) is 7.24. The molecule has 1 unspecified atom stereocenters. The lowest BCUT2D eigenvalue weighted by atomic mass is 10.2. The fraction of sp³-hybridized carbons (Fsp3) is 0.417. The molecular weight excluding hydrogens is 323 g/mol. The number of nitrogens with one attached hydrogen (secondary N) is 1. The lowest BCUT2D eigenvalue weighted by molar-refractivity contribution is 0.0605. The van der Waals surface area contributed by atoms with Crippen molar-refractivity contribution in [2.24, 2.45) is 0 Å². The van der Waals surface area contributed by atoms with Gasteiger partial charge >= 0.3 is 5.97 Å². The number of esters is 1. The van der Waals surface area contributed by atoms with Crippen LogP contribution in [0.1, 0.15) is 33.4 Å². The van der Waals surface area contributed by atoms with Crippen molar-refractivity contribution in [1.29, 1.82) is 0 Å². The lowest BCUT2D eigenvalue weighted by Gasteiger charge is -2.00. The average molecular weight is 333 g/mol. The SMILES string of the molecule is COC(=O)c1sc2nc(C3CC3(Cl)Cl)[nH]c(=O)c2c1C. The lowest BCUT2D eigenvalue weighted by Crippen LogP contribution is -2.12. The average Bonchev–Trinajstić information content (AvgIpc) is 2.88. The number of nitrogens with zero attached hydrogens (tertiary/aromatic N) is 1. The number of hydrogen-bond acceptors (Lipinski definition) is 5. The van der Waals surface area contributed by atoms with Gasteiger partial charge in [-0.1, -0.05) is 0 Å². The van der Waals surface area contributed by atoms with E-state index in [4.69, 9.17) is 27.9 Å². The van der Waals surface area contributed by atoms with Crippen molar-refractivity contribution in [3.05, 3.63) is 26.6 Å². The second-order valence-electron chi connectivity index (χ2n) is 4.70. The first-order valence-corrected chi connectivity index (χ1v) is 7.42. The normalized spacial score (nSPS) is 20.1. The molecule has 1 atom stereocenters. The van der Waals surface area contributed by atoms with Gasteiger partial charge in [-0.25, -0.2) is 9.78 Å². The quantitative estimate of drug-likeness (QED) is 0.678. The number of fused-ring (bicyclic) bond motifs is 1. The highest BCUT2D eigenvalue weighted by Crippen LogP contribution is 2.58. The number of H-pyrrole nitrogens is 1. The van der Waals surface area contributed by atoms with Crippen LogP contribution in [0, 0.1) is 6.92 Å². The smallest absolute Gasteiger partial charge is 0.348 e. The van der Waals surface area contributed by atoms with E-state index in [1.807, 2.05) is 0 Å². The molecule has 2 aromatic rings. The van der Waals surface area contributed by atoms with Gasteiger partial charge in [-0.2, -0.15) is 0 Å². The molecule has 1 aliphatic carbocycles. The number of alkyl halides is 2. The third-order valence-electron chi connectivity index (χ3n) is 3.35. The van der Waals surface area contributed by atoms with Crippen LogP contribution in [0.3, 0.4) is 0 Å². The molecule has 0 aromatic carbocycles. The Balaban J connectivity index is 2.18. The molecule has 0 radical (unpaired) electrons. The predicted molar refractivity (Wildman–Crippen MR) is 78.1 cm³/mol. The van der Waals surface area contributed by atoms with Crippen molar-refractivity contribution in [2.75, 3.05) is 7.11 Å². The number of rotatable bonds is 2. The molecule has 0 saturated heterocycles. The van der Waals surface area contributed by atoms with E-state index in [1.165, 1.54) is 7.11 Å². The van der Waals surface area contributed by atoms with Crippen molar-refractivity contribution >= 4 is 50.7 Å². The summed E-state index contributed by atoms with van der Waals surface area (Å²) in [5, 5.41) is 0.412. The Kier molecular flexibility index (Phi) is 3.08. The summed E-state index contributed by atoms with van der Waals surface area (Å²) in [6, 6.07) is 0. The fourth-order valence-corrected chi connectivity index (χ4v) is 3.75. The molecule has 0 spiro atoms.